The summed E-state index contributed by atoms with van der Waals surface area (Å²) in [6.07, 6.45) is 0. The molecule has 0 atom stereocenters. The van der Waals surface area contributed by atoms with E-state index in [0.29, 0.717) is 11.3 Å². The zero-order valence-electron chi connectivity index (χ0n) is 10.2. The zero-order valence-corrected chi connectivity index (χ0v) is 11.0. The number of carbonyl (C=O) groups is 1. The number of nitrogens with zero attached hydrogens (tertiary/aromatic N) is 1. The molecule has 1 aromatic heterocycles. The van der Waals surface area contributed by atoms with Crippen LogP contribution in [0.2, 0.25) is 0 Å². The number of anilines is 3. The molecule has 1 heterocycles. The van der Waals surface area contributed by atoms with E-state index in [4.69, 9.17) is 11.5 Å². The highest BCUT2D eigenvalue weighted by Gasteiger charge is 2.08. The molecule has 94 valence electrons. The first-order valence-electron chi connectivity index (χ1n) is 5.37. The molecule has 0 saturated carbocycles. The minimum atomic E-state index is -0.539. The van der Waals surface area contributed by atoms with Crippen LogP contribution in [-0.2, 0) is 0 Å². The van der Waals surface area contributed by atoms with Crippen molar-refractivity contribution in [3.8, 4) is 0 Å². The molecule has 0 fully saturated rings. The van der Waals surface area contributed by atoms with Crippen molar-refractivity contribution >= 4 is 33.8 Å². The number of carbonyl (C=O) groups excluding carboxylic acids is 1. The van der Waals surface area contributed by atoms with Crippen LogP contribution in [0, 0.1) is 13.8 Å². The SMILES string of the molecule is Cc1nc(Nc2ccc(N)c(C(N)=O)c2)sc1C. The third-order valence-electron chi connectivity index (χ3n) is 2.60. The number of nitrogens with two attached hydrogens (primary N) is 2. The van der Waals surface area contributed by atoms with Gasteiger partial charge in [0.25, 0.3) is 5.91 Å². The van der Waals surface area contributed by atoms with Crippen molar-refractivity contribution < 1.29 is 4.79 Å². The summed E-state index contributed by atoms with van der Waals surface area (Å²) in [5.41, 5.74) is 13.3. The number of thiazole rings is 1. The van der Waals surface area contributed by atoms with E-state index in [1.807, 2.05) is 13.8 Å². The third-order valence-corrected chi connectivity index (χ3v) is 3.59. The number of primary amides is 1. The Kier molecular flexibility index (Phi) is 3.20. The van der Waals surface area contributed by atoms with Crippen molar-refractivity contribution in [1.29, 1.82) is 0 Å². The quantitative estimate of drug-likeness (QED) is 0.739. The summed E-state index contributed by atoms with van der Waals surface area (Å²) >= 11 is 1.56. The maximum Gasteiger partial charge on any atom is 0.250 e. The molecule has 0 saturated heterocycles. The van der Waals surface area contributed by atoms with Crippen LogP contribution >= 0.6 is 11.3 Å². The lowest BCUT2D eigenvalue weighted by molar-refractivity contribution is 0.100. The van der Waals surface area contributed by atoms with Crippen LogP contribution in [-0.4, -0.2) is 10.9 Å². The van der Waals surface area contributed by atoms with E-state index in [1.165, 1.54) is 0 Å². The maximum atomic E-state index is 11.2. The highest BCUT2D eigenvalue weighted by molar-refractivity contribution is 7.15. The highest BCUT2D eigenvalue weighted by atomic mass is 32.1. The Bertz CT molecular complexity index is 587. The average Bonchev–Trinajstić information content (AvgIpc) is 2.60. The van der Waals surface area contributed by atoms with Gasteiger partial charge in [0.1, 0.15) is 0 Å². The lowest BCUT2D eigenvalue weighted by atomic mass is 10.1. The van der Waals surface area contributed by atoms with Gasteiger partial charge in [0.05, 0.1) is 11.3 Å². The van der Waals surface area contributed by atoms with Crippen molar-refractivity contribution in [1.82, 2.24) is 4.98 Å². The summed E-state index contributed by atoms with van der Waals surface area (Å²) in [4.78, 5) is 16.7. The van der Waals surface area contributed by atoms with Crippen molar-refractivity contribution in [2.75, 3.05) is 11.1 Å². The Labute approximate surface area is 109 Å². The Morgan fingerprint density at radius 3 is 2.67 bits per heavy atom. The summed E-state index contributed by atoms with van der Waals surface area (Å²) in [6, 6.07) is 5.06. The van der Waals surface area contributed by atoms with Crippen LogP contribution in [0.4, 0.5) is 16.5 Å². The molecule has 0 spiro atoms. The summed E-state index contributed by atoms with van der Waals surface area (Å²) in [6.45, 7) is 3.96. The topological polar surface area (TPSA) is 94.0 Å². The second-order valence-electron chi connectivity index (χ2n) is 3.95. The van der Waals surface area contributed by atoms with E-state index in [1.54, 1.807) is 29.5 Å². The number of nitrogens with one attached hydrogen (secondary N) is 1. The largest absolute Gasteiger partial charge is 0.398 e. The van der Waals surface area contributed by atoms with Gasteiger partial charge in [0.2, 0.25) is 0 Å². The first kappa shape index (κ1) is 12.4. The first-order valence-corrected chi connectivity index (χ1v) is 6.19. The second-order valence-corrected chi connectivity index (χ2v) is 5.16. The predicted molar refractivity (Wildman–Crippen MR) is 74.2 cm³/mol. The van der Waals surface area contributed by atoms with Gasteiger partial charge in [-0.1, -0.05) is 0 Å². The molecule has 0 unspecified atom stereocenters. The molecule has 0 radical (unpaired) electrons. The third kappa shape index (κ3) is 2.43. The monoisotopic (exact) mass is 262 g/mol. The van der Waals surface area contributed by atoms with Crippen LogP contribution in [0.5, 0.6) is 0 Å². The summed E-state index contributed by atoms with van der Waals surface area (Å²) in [5, 5.41) is 3.91. The van der Waals surface area contributed by atoms with Crippen molar-refractivity contribution in [3.05, 3.63) is 34.3 Å². The Hall–Kier alpha value is -2.08. The number of aromatic nitrogens is 1. The van der Waals surface area contributed by atoms with Crippen LogP contribution < -0.4 is 16.8 Å². The average molecular weight is 262 g/mol. The highest BCUT2D eigenvalue weighted by Crippen LogP contribution is 2.26. The van der Waals surface area contributed by atoms with E-state index < -0.39 is 5.91 Å². The molecule has 1 amide bonds. The number of nitrogen functional groups attached to an aromatic ring is 1. The molecule has 2 aromatic rings. The van der Waals surface area contributed by atoms with Gasteiger partial charge in [0, 0.05) is 16.3 Å². The number of aryl methyl sites for hydroxylation is 2. The lowest BCUT2D eigenvalue weighted by Gasteiger charge is -2.06. The molecule has 0 aliphatic carbocycles. The number of rotatable bonds is 3. The molecule has 5 N–H and O–H groups in total. The second kappa shape index (κ2) is 4.66. The summed E-state index contributed by atoms with van der Waals surface area (Å²) < 4.78 is 0. The van der Waals surface area contributed by atoms with Crippen molar-refractivity contribution in [2.45, 2.75) is 13.8 Å². The molecule has 1 aromatic carbocycles. The molecular weight excluding hydrogens is 248 g/mol. The zero-order chi connectivity index (χ0) is 13.3. The van der Waals surface area contributed by atoms with Crippen LogP contribution in [0.25, 0.3) is 0 Å². The number of hydrogen-bond acceptors (Lipinski definition) is 5. The van der Waals surface area contributed by atoms with Gasteiger partial charge in [-0.05, 0) is 32.0 Å². The van der Waals surface area contributed by atoms with E-state index in [2.05, 4.69) is 10.3 Å². The molecule has 6 heteroatoms. The van der Waals surface area contributed by atoms with Crippen LogP contribution in [0.1, 0.15) is 20.9 Å². The normalized spacial score (nSPS) is 10.3. The maximum absolute atomic E-state index is 11.2. The van der Waals surface area contributed by atoms with Gasteiger partial charge in [0.15, 0.2) is 5.13 Å². The van der Waals surface area contributed by atoms with E-state index >= 15 is 0 Å². The van der Waals surface area contributed by atoms with Gasteiger partial charge in [-0.3, -0.25) is 4.79 Å². The predicted octanol–water partition coefficient (Wildman–Crippen LogP) is 2.18. The standard InChI is InChI=1S/C12H14N4OS/c1-6-7(2)18-12(15-6)16-8-3-4-10(13)9(5-8)11(14)17/h3-5H,13H2,1-2H3,(H2,14,17)(H,15,16). The van der Waals surface area contributed by atoms with Gasteiger partial charge in [-0.2, -0.15) is 0 Å². The van der Waals surface area contributed by atoms with Gasteiger partial charge >= 0.3 is 0 Å². The fraction of sp³-hybridized carbons (Fsp3) is 0.167. The fourth-order valence-corrected chi connectivity index (χ4v) is 2.33. The van der Waals surface area contributed by atoms with Gasteiger partial charge < -0.3 is 16.8 Å². The van der Waals surface area contributed by atoms with Crippen LogP contribution in [0.3, 0.4) is 0 Å². The Morgan fingerprint density at radius 2 is 2.11 bits per heavy atom. The molecule has 0 aliphatic rings. The molecule has 0 bridgehead atoms. The lowest BCUT2D eigenvalue weighted by Crippen LogP contribution is -2.13. The molecule has 2 rings (SSSR count). The van der Waals surface area contributed by atoms with E-state index in [-0.39, 0.29) is 0 Å². The number of hydrogen-bond donors (Lipinski definition) is 3. The molecule has 5 nitrogen and oxygen atoms in total. The minimum Gasteiger partial charge on any atom is -0.398 e. The molecule has 0 aliphatic heterocycles. The van der Waals surface area contributed by atoms with Crippen molar-refractivity contribution in [2.24, 2.45) is 5.73 Å². The minimum absolute atomic E-state index is 0.310. The Balaban J connectivity index is 2.29. The number of amides is 1. The smallest absolute Gasteiger partial charge is 0.250 e. The summed E-state index contributed by atoms with van der Waals surface area (Å²) in [7, 11) is 0. The van der Waals surface area contributed by atoms with Crippen LogP contribution in [0.15, 0.2) is 18.2 Å². The number of benzene rings is 1. The molecular formula is C12H14N4OS. The first-order chi connectivity index (χ1) is 8.47. The van der Waals surface area contributed by atoms with Gasteiger partial charge in [-0.25, -0.2) is 4.98 Å². The summed E-state index contributed by atoms with van der Waals surface area (Å²) in [5.74, 6) is -0.539. The molecule has 18 heavy (non-hydrogen) atoms. The fourth-order valence-electron chi connectivity index (χ4n) is 1.50. The van der Waals surface area contributed by atoms with Crippen molar-refractivity contribution in [3.63, 3.8) is 0 Å². The van der Waals surface area contributed by atoms with Gasteiger partial charge in [-0.15, -0.1) is 11.3 Å². The van der Waals surface area contributed by atoms with E-state index in [9.17, 15) is 4.79 Å². The Morgan fingerprint density at radius 1 is 1.39 bits per heavy atom. The van der Waals surface area contributed by atoms with E-state index in [0.717, 1.165) is 21.4 Å².